The Morgan fingerprint density at radius 3 is 2.48 bits per heavy atom. The van der Waals surface area contributed by atoms with Crippen LogP contribution in [0.2, 0.25) is 5.02 Å². The molecule has 2 aromatic rings. The monoisotopic (exact) mass is 323 g/mol. The SMILES string of the molecule is O=S(=O)(N[C@H]1c2ccccc2C[C@H]1O)c1ccc(Cl)cc1. The van der Waals surface area contributed by atoms with Gasteiger partial charge in [-0.05, 0) is 35.4 Å². The highest BCUT2D eigenvalue weighted by Crippen LogP contribution is 2.32. The van der Waals surface area contributed by atoms with Crippen LogP contribution in [0.4, 0.5) is 0 Å². The second-order valence-electron chi connectivity index (χ2n) is 5.02. The quantitative estimate of drug-likeness (QED) is 0.910. The first kappa shape index (κ1) is 14.5. The molecule has 2 N–H and O–H groups in total. The van der Waals surface area contributed by atoms with Crippen molar-refractivity contribution in [2.45, 2.75) is 23.5 Å². The van der Waals surface area contributed by atoms with Crippen LogP contribution in [0.25, 0.3) is 0 Å². The molecule has 21 heavy (non-hydrogen) atoms. The van der Waals surface area contributed by atoms with Crippen molar-refractivity contribution in [2.24, 2.45) is 0 Å². The topological polar surface area (TPSA) is 66.4 Å². The lowest BCUT2D eigenvalue weighted by Gasteiger charge is -2.18. The molecule has 0 saturated heterocycles. The van der Waals surface area contributed by atoms with Crippen LogP contribution in [0.15, 0.2) is 53.4 Å². The van der Waals surface area contributed by atoms with Crippen molar-refractivity contribution in [3.8, 4) is 0 Å². The minimum atomic E-state index is -3.70. The lowest BCUT2D eigenvalue weighted by atomic mass is 10.1. The zero-order valence-corrected chi connectivity index (χ0v) is 12.6. The Labute approximate surface area is 128 Å². The van der Waals surface area contributed by atoms with Gasteiger partial charge in [0.1, 0.15) is 0 Å². The highest BCUT2D eigenvalue weighted by atomic mass is 35.5. The number of benzene rings is 2. The van der Waals surface area contributed by atoms with E-state index in [1.165, 1.54) is 24.3 Å². The highest BCUT2D eigenvalue weighted by Gasteiger charge is 2.34. The Morgan fingerprint density at radius 2 is 1.76 bits per heavy atom. The molecule has 0 fully saturated rings. The van der Waals surface area contributed by atoms with Gasteiger partial charge in [-0.2, -0.15) is 0 Å². The van der Waals surface area contributed by atoms with Crippen LogP contribution < -0.4 is 4.72 Å². The summed E-state index contributed by atoms with van der Waals surface area (Å²) in [5.41, 5.74) is 1.79. The molecule has 1 aliphatic carbocycles. The summed E-state index contributed by atoms with van der Waals surface area (Å²) in [5.74, 6) is 0. The van der Waals surface area contributed by atoms with Gasteiger partial charge < -0.3 is 5.11 Å². The first-order chi connectivity index (χ1) is 9.97. The summed E-state index contributed by atoms with van der Waals surface area (Å²) in [4.78, 5) is 0.128. The summed E-state index contributed by atoms with van der Waals surface area (Å²) in [6.45, 7) is 0. The molecule has 6 heteroatoms. The summed E-state index contributed by atoms with van der Waals surface area (Å²) >= 11 is 5.77. The van der Waals surface area contributed by atoms with Crippen molar-refractivity contribution in [3.05, 3.63) is 64.7 Å². The lowest BCUT2D eigenvalue weighted by Crippen LogP contribution is -2.33. The van der Waals surface area contributed by atoms with E-state index in [4.69, 9.17) is 11.6 Å². The molecule has 110 valence electrons. The van der Waals surface area contributed by atoms with Crippen LogP contribution in [0.5, 0.6) is 0 Å². The predicted molar refractivity (Wildman–Crippen MR) is 80.7 cm³/mol. The fourth-order valence-corrected chi connectivity index (χ4v) is 3.94. The number of sulfonamides is 1. The van der Waals surface area contributed by atoms with Crippen LogP contribution in [0.1, 0.15) is 17.2 Å². The van der Waals surface area contributed by atoms with E-state index in [1.54, 1.807) is 0 Å². The summed E-state index contributed by atoms with van der Waals surface area (Å²) in [6.07, 6.45) is -0.311. The normalized spacial score (nSPS) is 21.2. The minimum Gasteiger partial charge on any atom is -0.391 e. The van der Waals surface area contributed by atoms with Gasteiger partial charge >= 0.3 is 0 Å². The summed E-state index contributed by atoms with van der Waals surface area (Å²) in [7, 11) is -3.70. The third kappa shape index (κ3) is 2.82. The van der Waals surface area contributed by atoms with Crippen molar-refractivity contribution in [1.82, 2.24) is 4.72 Å². The summed E-state index contributed by atoms with van der Waals surface area (Å²) in [6, 6.07) is 12.7. The van der Waals surface area contributed by atoms with Gasteiger partial charge in [0.15, 0.2) is 0 Å². The average molecular weight is 324 g/mol. The lowest BCUT2D eigenvalue weighted by molar-refractivity contribution is 0.151. The van der Waals surface area contributed by atoms with E-state index in [0.29, 0.717) is 11.4 Å². The molecule has 0 saturated carbocycles. The number of nitrogens with one attached hydrogen (secondary N) is 1. The molecule has 3 rings (SSSR count). The van der Waals surface area contributed by atoms with Crippen molar-refractivity contribution in [1.29, 1.82) is 0 Å². The molecule has 0 spiro atoms. The fourth-order valence-electron chi connectivity index (χ4n) is 2.56. The van der Waals surface area contributed by atoms with E-state index in [2.05, 4.69) is 4.72 Å². The molecule has 0 aliphatic heterocycles. The van der Waals surface area contributed by atoms with Crippen molar-refractivity contribution in [2.75, 3.05) is 0 Å². The van der Waals surface area contributed by atoms with Crippen LogP contribution in [-0.2, 0) is 16.4 Å². The average Bonchev–Trinajstić information content (AvgIpc) is 2.75. The van der Waals surface area contributed by atoms with E-state index in [-0.39, 0.29) is 4.90 Å². The molecule has 0 aromatic heterocycles. The van der Waals surface area contributed by atoms with Gasteiger partial charge in [-0.3, -0.25) is 0 Å². The molecule has 2 atom stereocenters. The number of hydrogen-bond acceptors (Lipinski definition) is 3. The van der Waals surface area contributed by atoms with Crippen molar-refractivity contribution < 1.29 is 13.5 Å². The molecule has 0 amide bonds. The van der Waals surface area contributed by atoms with E-state index in [0.717, 1.165) is 11.1 Å². The second-order valence-corrected chi connectivity index (χ2v) is 7.17. The number of hydrogen-bond donors (Lipinski definition) is 2. The second kappa shape index (κ2) is 5.42. The summed E-state index contributed by atoms with van der Waals surface area (Å²) in [5, 5.41) is 10.6. The van der Waals surface area contributed by atoms with E-state index in [1.807, 2.05) is 24.3 Å². The number of fused-ring (bicyclic) bond motifs is 1. The van der Waals surface area contributed by atoms with Gasteiger partial charge in [-0.25, -0.2) is 13.1 Å². The first-order valence-electron chi connectivity index (χ1n) is 6.51. The molecule has 0 unspecified atom stereocenters. The van der Waals surface area contributed by atoms with Crippen LogP contribution in [0, 0.1) is 0 Å². The fraction of sp³-hybridized carbons (Fsp3) is 0.200. The Morgan fingerprint density at radius 1 is 1.10 bits per heavy atom. The molecular formula is C15H14ClNO3S. The standard InChI is InChI=1S/C15H14ClNO3S/c16-11-5-7-12(8-6-11)21(19,20)17-15-13-4-2-1-3-10(13)9-14(15)18/h1-8,14-15,17-18H,9H2/t14-,15+/m1/s1. The maximum atomic E-state index is 12.4. The first-order valence-corrected chi connectivity index (χ1v) is 8.37. The third-order valence-corrected chi connectivity index (χ3v) is 5.32. The predicted octanol–water partition coefficient (Wildman–Crippen LogP) is 2.28. The van der Waals surface area contributed by atoms with Gasteiger partial charge in [0.25, 0.3) is 0 Å². The Kier molecular flexibility index (Phi) is 3.75. The van der Waals surface area contributed by atoms with E-state index < -0.39 is 22.2 Å². The smallest absolute Gasteiger partial charge is 0.241 e. The molecule has 0 radical (unpaired) electrons. The zero-order valence-electron chi connectivity index (χ0n) is 11.0. The Hall–Kier alpha value is -1.40. The van der Waals surface area contributed by atoms with Crippen LogP contribution >= 0.6 is 11.6 Å². The van der Waals surface area contributed by atoms with Gasteiger partial charge in [0.05, 0.1) is 17.0 Å². The Bertz CT molecular complexity index is 759. The molecular weight excluding hydrogens is 310 g/mol. The van der Waals surface area contributed by atoms with Gasteiger partial charge in [-0.1, -0.05) is 35.9 Å². The maximum Gasteiger partial charge on any atom is 0.241 e. The molecule has 0 heterocycles. The largest absolute Gasteiger partial charge is 0.391 e. The number of rotatable bonds is 3. The number of halogens is 1. The molecule has 4 nitrogen and oxygen atoms in total. The van der Waals surface area contributed by atoms with Crippen molar-refractivity contribution >= 4 is 21.6 Å². The van der Waals surface area contributed by atoms with Crippen LogP contribution in [-0.4, -0.2) is 19.6 Å². The number of aliphatic hydroxyl groups is 1. The highest BCUT2D eigenvalue weighted by molar-refractivity contribution is 7.89. The van der Waals surface area contributed by atoms with E-state index >= 15 is 0 Å². The van der Waals surface area contributed by atoms with Crippen molar-refractivity contribution in [3.63, 3.8) is 0 Å². The maximum absolute atomic E-state index is 12.4. The number of aliphatic hydroxyl groups excluding tert-OH is 1. The van der Waals surface area contributed by atoms with Crippen LogP contribution in [0.3, 0.4) is 0 Å². The zero-order chi connectivity index (χ0) is 15.0. The van der Waals surface area contributed by atoms with Gasteiger partial charge in [-0.15, -0.1) is 0 Å². The van der Waals surface area contributed by atoms with Gasteiger partial charge in [0.2, 0.25) is 10.0 Å². The molecule has 2 aromatic carbocycles. The minimum absolute atomic E-state index is 0.128. The van der Waals surface area contributed by atoms with E-state index in [9.17, 15) is 13.5 Å². The third-order valence-electron chi connectivity index (χ3n) is 3.61. The molecule has 0 bridgehead atoms. The Balaban J connectivity index is 1.91. The summed E-state index contributed by atoms with van der Waals surface area (Å²) < 4.78 is 27.4. The van der Waals surface area contributed by atoms with Gasteiger partial charge in [0, 0.05) is 11.4 Å². The molecule has 1 aliphatic rings.